The van der Waals surface area contributed by atoms with Crippen LogP contribution in [0.25, 0.3) is 11.1 Å². The molecular weight excluding hydrogens is 807 g/mol. The second-order valence-corrected chi connectivity index (χ2v) is 15.7. The lowest BCUT2D eigenvalue weighted by Gasteiger charge is -2.37. The van der Waals surface area contributed by atoms with Gasteiger partial charge in [-0.15, -0.1) is 5.10 Å². The molecule has 2 N–H and O–H groups in total. The molecule has 3 unspecified atom stereocenters. The number of hydrogen-bond acceptors (Lipinski definition) is 9. The van der Waals surface area contributed by atoms with Crippen LogP contribution in [0, 0.1) is 13.8 Å². The molecule has 0 aliphatic carbocycles. The summed E-state index contributed by atoms with van der Waals surface area (Å²) >= 11 is 12.2. The normalized spacial score (nSPS) is 16.1. The van der Waals surface area contributed by atoms with Gasteiger partial charge in [0.2, 0.25) is 5.91 Å². The highest BCUT2D eigenvalue weighted by molar-refractivity contribution is 6.42. The number of benzene rings is 4. The number of ether oxygens (including phenoxy) is 3. The first kappa shape index (κ1) is 40.3. The van der Waals surface area contributed by atoms with Gasteiger partial charge in [0.1, 0.15) is 31.0 Å². The van der Waals surface area contributed by atoms with E-state index in [1.165, 1.54) is 15.8 Å². The zero-order valence-electron chi connectivity index (χ0n) is 32.9. The van der Waals surface area contributed by atoms with Gasteiger partial charge in [0.05, 0.1) is 16.2 Å². The van der Waals surface area contributed by atoms with E-state index in [4.69, 9.17) is 37.4 Å². The van der Waals surface area contributed by atoms with Gasteiger partial charge < -0.3 is 29.5 Å². The van der Waals surface area contributed by atoms with Crippen LogP contribution < -0.4 is 19.5 Å². The minimum absolute atomic E-state index is 0.0299. The van der Waals surface area contributed by atoms with Crippen molar-refractivity contribution >= 4 is 41.0 Å². The number of halogens is 2. The molecule has 15 heteroatoms. The first-order chi connectivity index (χ1) is 28.9. The second-order valence-electron chi connectivity index (χ2n) is 14.9. The van der Waals surface area contributed by atoms with Crippen LogP contribution in [-0.4, -0.2) is 66.5 Å². The third kappa shape index (κ3) is 8.63. The molecule has 0 saturated carbocycles. The van der Waals surface area contributed by atoms with Gasteiger partial charge in [-0.1, -0.05) is 70.9 Å². The van der Waals surface area contributed by atoms with E-state index in [1.807, 2.05) is 86.6 Å². The molecule has 2 amide bonds. The van der Waals surface area contributed by atoms with Crippen molar-refractivity contribution in [3.8, 4) is 28.4 Å². The SMILES string of the molecule is Cc1nccc(-c2ccc(CC(NC(=O)C3Cc4cc5c(cc4CN3C(=O)c3cn(C)nn3)OC(c3ccc(OCc4ccc(Cl)c(Cl)c4)cc3)CO5)C(=O)O)cc2)c1C. The number of carboxylic acids is 1. The molecule has 60 heavy (non-hydrogen) atoms. The number of aliphatic carboxylic acids is 1. The Labute approximate surface area is 355 Å². The number of carbonyl (C=O) groups is 3. The third-order valence-electron chi connectivity index (χ3n) is 10.9. The Morgan fingerprint density at radius 1 is 0.933 bits per heavy atom. The smallest absolute Gasteiger partial charge is 0.326 e. The lowest BCUT2D eigenvalue weighted by Crippen LogP contribution is -2.56. The maximum absolute atomic E-state index is 14.1. The Bertz CT molecular complexity index is 2600. The topological polar surface area (TPSA) is 158 Å². The molecule has 6 aromatic rings. The van der Waals surface area contributed by atoms with E-state index in [1.54, 1.807) is 25.4 Å². The maximum atomic E-state index is 14.1. The van der Waals surface area contributed by atoms with Crippen molar-refractivity contribution in [3.05, 3.63) is 152 Å². The van der Waals surface area contributed by atoms with Gasteiger partial charge in [-0.25, -0.2) is 4.79 Å². The van der Waals surface area contributed by atoms with Gasteiger partial charge in [0, 0.05) is 38.3 Å². The highest BCUT2D eigenvalue weighted by atomic mass is 35.5. The van der Waals surface area contributed by atoms with Gasteiger partial charge in [-0.3, -0.25) is 19.3 Å². The van der Waals surface area contributed by atoms with Crippen molar-refractivity contribution in [2.45, 2.75) is 58.0 Å². The van der Waals surface area contributed by atoms with Gasteiger partial charge in [0.15, 0.2) is 23.3 Å². The molecule has 0 spiro atoms. The second kappa shape index (κ2) is 17.0. The van der Waals surface area contributed by atoms with Gasteiger partial charge >= 0.3 is 5.97 Å². The quantitative estimate of drug-likeness (QED) is 0.136. The van der Waals surface area contributed by atoms with Crippen LogP contribution in [0.15, 0.2) is 97.3 Å². The van der Waals surface area contributed by atoms with Crippen LogP contribution in [0.4, 0.5) is 0 Å². The number of aromatic nitrogens is 4. The number of carboxylic acid groups (broad SMARTS) is 1. The molecule has 2 aromatic heterocycles. The van der Waals surface area contributed by atoms with Crippen LogP contribution in [0.2, 0.25) is 10.0 Å². The number of nitrogens with zero attached hydrogens (tertiary/aromatic N) is 5. The number of carbonyl (C=O) groups excluding carboxylic acids is 2. The minimum atomic E-state index is -1.26. The zero-order chi connectivity index (χ0) is 42.1. The van der Waals surface area contributed by atoms with Crippen molar-refractivity contribution in [3.63, 3.8) is 0 Å². The van der Waals surface area contributed by atoms with Crippen molar-refractivity contribution in [2.75, 3.05) is 6.61 Å². The molecule has 3 atom stereocenters. The van der Waals surface area contributed by atoms with Crippen molar-refractivity contribution < 1.29 is 33.7 Å². The van der Waals surface area contributed by atoms with Crippen molar-refractivity contribution in [2.24, 2.45) is 7.05 Å². The minimum Gasteiger partial charge on any atom is -0.489 e. The predicted octanol–water partition coefficient (Wildman–Crippen LogP) is 7.27. The molecule has 0 bridgehead atoms. The molecule has 8 rings (SSSR count). The van der Waals surface area contributed by atoms with E-state index < -0.39 is 36.0 Å². The van der Waals surface area contributed by atoms with Crippen LogP contribution >= 0.6 is 23.2 Å². The summed E-state index contributed by atoms with van der Waals surface area (Å²) in [5, 5.41) is 21.8. The molecular formula is C45H40Cl2N6O7. The number of rotatable bonds is 11. The summed E-state index contributed by atoms with van der Waals surface area (Å²) in [6, 6.07) is 23.7. The number of amides is 2. The molecule has 0 fully saturated rings. The van der Waals surface area contributed by atoms with Crippen LogP contribution in [0.5, 0.6) is 17.2 Å². The molecule has 4 aromatic carbocycles. The summed E-state index contributed by atoms with van der Waals surface area (Å²) in [4.78, 5) is 46.4. The monoisotopic (exact) mass is 846 g/mol. The summed E-state index contributed by atoms with van der Waals surface area (Å²) in [5.41, 5.74) is 8.06. The molecule has 2 aliphatic heterocycles. The van der Waals surface area contributed by atoms with Gasteiger partial charge in [-0.2, -0.15) is 0 Å². The number of nitrogens with one attached hydrogen (secondary N) is 1. The summed E-state index contributed by atoms with van der Waals surface area (Å²) < 4.78 is 20.0. The molecule has 0 radical (unpaired) electrons. The number of aryl methyl sites for hydroxylation is 2. The Morgan fingerprint density at radius 3 is 2.40 bits per heavy atom. The third-order valence-corrected chi connectivity index (χ3v) is 11.6. The van der Waals surface area contributed by atoms with Crippen molar-refractivity contribution in [1.82, 2.24) is 30.2 Å². The van der Waals surface area contributed by atoms with Gasteiger partial charge in [-0.05, 0) is 101 Å². The predicted molar refractivity (Wildman–Crippen MR) is 223 cm³/mol. The number of fused-ring (bicyclic) bond motifs is 2. The molecule has 0 saturated heterocycles. The lowest BCUT2D eigenvalue weighted by molar-refractivity contribution is -0.142. The zero-order valence-corrected chi connectivity index (χ0v) is 34.4. The Balaban J connectivity index is 0.980. The Kier molecular flexibility index (Phi) is 11.5. The first-order valence-electron chi connectivity index (χ1n) is 19.2. The number of hydrogen-bond donors (Lipinski definition) is 2. The number of pyridine rings is 1. The maximum Gasteiger partial charge on any atom is 0.326 e. The average Bonchev–Trinajstić information content (AvgIpc) is 3.69. The summed E-state index contributed by atoms with van der Waals surface area (Å²) in [5.74, 6) is -0.667. The fourth-order valence-corrected chi connectivity index (χ4v) is 7.73. The van der Waals surface area contributed by atoms with E-state index >= 15 is 0 Å². The fraction of sp³-hybridized carbons (Fsp3) is 0.244. The van der Waals surface area contributed by atoms with E-state index in [0.717, 1.165) is 50.2 Å². The van der Waals surface area contributed by atoms with E-state index in [9.17, 15) is 19.5 Å². The first-order valence-corrected chi connectivity index (χ1v) is 20.0. The fourth-order valence-electron chi connectivity index (χ4n) is 7.41. The van der Waals surface area contributed by atoms with Crippen molar-refractivity contribution in [1.29, 1.82) is 0 Å². The van der Waals surface area contributed by atoms with E-state index in [2.05, 4.69) is 20.6 Å². The Morgan fingerprint density at radius 2 is 1.68 bits per heavy atom. The highest BCUT2D eigenvalue weighted by Crippen LogP contribution is 2.41. The summed E-state index contributed by atoms with van der Waals surface area (Å²) in [6.45, 7) is 4.54. The average molecular weight is 848 g/mol. The van der Waals surface area contributed by atoms with Gasteiger partial charge in [0.25, 0.3) is 5.91 Å². The summed E-state index contributed by atoms with van der Waals surface area (Å²) in [7, 11) is 1.64. The standard InChI is InChI=1S/C45H40Cl2N6O7/c1-25-26(2)48-15-14-34(25)29-7-4-27(5-8-29)17-37(45(56)57)49-43(54)39-18-31-19-40-41(20-32(31)21-53(39)44(55)38-22-52(3)51-50-38)60-42(24-59-40)30-9-11-33(12-10-30)58-23-28-6-13-35(46)36(47)16-28/h4-16,19-20,22,37,39,42H,17-18,21,23-24H2,1-3H3,(H,49,54)(H,56,57). The largest absolute Gasteiger partial charge is 0.489 e. The molecule has 306 valence electrons. The van der Waals surface area contributed by atoms with E-state index in [0.29, 0.717) is 33.9 Å². The van der Waals surface area contributed by atoms with Crippen LogP contribution in [0.1, 0.15) is 55.7 Å². The Hall–Kier alpha value is -6.44. The van der Waals surface area contributed by atoms with Crippen LogP contribution in [0.3, 0.4) is 0 Å². The summed E-state index contributed by atoms with van der Waals surface area (Å²) in [6.07, 6.45) is 2.94. The van der Waals surface area contributed by atoms with Crippen LogP contribution in [-0.2, 0) is 42.6 Å². The molecule has 4 heterocycles. The molecule has 13 nitrogen and oxygen atoms in total. The lowest BCUT2D eigenvalue weighted by atomic mass is 9.91. The van der Waals surface area contributed by atoms with E-state index in [-0.39, 0.29) is 31.7 Å². The molecule has 2 aliphatic rings. The highest BCUT2D eigenvalue weighted by Gasteiger charge is 2.39.